The van der Waals surface area contributed by atoms with E-state index in [2.05, 4.69) is 35.7 Å². The summed E-state index contributed by atoms with van der Waals surface area (Å²) >= 11 is 8.40. The second-order valence-corrected chi connectivity index (χ2v) is 10.6. The van der Waals surface area contributed by atoms with Gasteiger partial charge in [0.15, 0.2) is 0 Å². The smallest absolute Gasteiger partial charge is 0.320 e. The average molecular weight is 614 g/mol. The molecule has 0 bridgehead atoms. The third-order valence-corrected chi connectivity index (χ3v) is 7.76. The molecule has 0 spiro atoms. The monoisotopic (exact) mass is 614 g/mol. The van der Waals surface area contributed by atoms with Gasteiger partial charge in [-0.25, -0.2) is 0 Å². The van der Waals surface area contributed by atoms with Crippen molar-refractivity contribution in [1.82, 2.24) is 10.5 Å². The highest BCUT2D eigenvalue weighted by Gasteiger charge is 2.29. The number of carbonyl (C=O) groups is 2. The van der Waals surface area contributed by atoms with Crippen molar-refractivity contribution in [2.75, 3.05) is 11.5 Å². The summed E-state index contributed by atoms with van der Waals surface area (Å²) in [6, 6.07) is 29.9. The van der Waals surface area contributed by atoms with Crippen LogP contribution in [0.2, 0.25) is 0 Å². The summed E-state index contributed by atoms with van der Waals surface area (Å²) in [6.45, 7) is -1.05. The van der Waals surface area contributed by atoms with E-state index in [9.17, 15) is 24.9 Å². The van der Waals surface area contributed by atoms with E-state index < -0.39 is 30.9 Å². The van der Waals surface area contributed by atoms with Crippen LogP contribution in [-0.4, -0.2) is 64.5 Å². The van der Waals surface area contributed by atoms with Gasteiger partial charge in [-0.15, -0.1) is 0 Å². The molecule has 0 saturated heterocycles. The molecule has 0 aromatic heterocycles. The maximum Gasteiger partial charge on any atom is 0.320 e. The van der Waals surface area contributed by atoms with Crippen LogP contribution in [-0.2, 0) is 16.2 Å². The van der Waals surface area contributed by atoms with Gasteiger partial charge in [0.05, 0.1) is 6.61 Å². The van der Waals surface area contributed by atoms with Crippen molar-refractivity contribution in [2.24, 2.45) is 0 Å². The number of aliphatic hydroxyl groups is 1. The maximum absolute atomic E-state index is 11.8. The van der Waals surface area contributed by atoms with Crippen molar-refractivity contribution in [3.05, 3.63) is 109 Å². The summed E-state index contributed by atoms with van der Waals surface area (Å²) in [4.78, 5) is 23.5. The van der Waals surface area contributed by atoms with Crippen molar-refractivity contribution >= 4 is 72.7 Å². The number of carboxylic acids is 2. The fourth-order valence-electron chi connectivity index (χ4n) is 4.76. The average Bonchev–Trinajstić information content (AvgIpc) is 3.03. The van der Waals surface area contributed by atoms with Crippen LogP contribution >= 0.6 is 25.3 Å². The highest BCUT2D eigenvalue weighted by Crippen LogP contribution is 2.19. The lowest BCUT2D eigenvalue weighted by Crippen LogP contribution is -2.60. The fraction of sp³-hybridized carbons (Fsp3) is 0.161. The molecule has 0 aliphatic heterocycles. The zero-order valence-electron chi connectivity index (χ0n) is 23.2. The molecule has 2 atom stereocenters. The van der Waals surface area contributed by atoms with Crippen LogP contribution in [0.4, 0.5) is 0 Å². The molecule has 0 saturated carbocycles. The molecule has 0 aliphatic rings. The van der Waals surface area contributed by atoms with Gasteiger partial charge >= 0.3 is 11.9 Å². The first-order valence-electron chi connectivity index (χ1n) is 13.6. The van der Waals surface area contributed by atoms with Crippen molar-refractivity contribution in [3.8, 4) is 11.5 Å². The number of ether oxygens (including phenoxy) is 1. The molecule has 5 N–H and O–H groups in total. The van der Waals surface area contributed by atoms with E-state index in [1.54, 1.807) is 18.2 Å². The zero-order valence-corrected chi connectivity index (χ0v) is 25.0. The first-order chi connectivity index (χ1) is 20.8. The Morgan fingerprint density at radius 3 is 1.58 bits per heavy atom. The number of benzene rings is 4. The third kappa shape index (κ3) is 8.46. The first-order valence-corrected chi connectivity index (χ1v) is 14.9. The van der Waals surface area contributed by atoms with Gasteiger partial charge in [0.2, 0.25) is 0 Å². The molecule has 4 aromatic carbocycles. The number of thiol groups is 2. The summed E-state index contributed by atoms with van der Waals surface area (Å²) in [5.41, 5.74) is 4.05. The first kappa shape index (κ1) is 32.2. The van der Waals surface area contributed by atoms with Gasteiger partial charge in [-0.1, -0.05) is 101 Å². The Bertz CT molecular complexity index is 1500. The van der Waals surface area contributed by atoms with E-state index >= 15 is 0 Å². The van der Waals surface area contributed by atoms with E-state index in [0.717, 1.165) is 21.9 Å². The van der Waals surface area contributed by atoms with E-state index in [4.69, 9.17) is 4.74 Å². The number of aliphatic carboxylic acids is 2. The largest absolute Gasteiger partial charge is 0.480 e. The molecule has 4 rings (SSSR count). The number of hydrogen-bond donors (Lipinski definition) is 7. The Morgan fingerprint density at radius 2 is 1.09 bits per heavy atom. The van der Waals surface area contributed by atoms with Gasteiger partial charge in [-0.05, 0) is 29.8 Å². The van der Waals surface area contributed by atoms with Gasteiger partial charge in [0.1, 0.15) is 23.6 Å². The molecule has 0 fully saturated rings. The van der Waals surface area contributed by atoms with Crippen molar-refractivity contribution in [3.63, 3.8) is 0 Å². The molecular weight excluding hydrogens is 582 g/mol. The van der Waals surface area contributed by atoms with E-state index in [1.165, 1.54) is 0 Å². The summed E-state index contributed by atoms with van der Waals surface area (Å²) < 4.78 is 6.09. The lowest BCUT2D eigenvalue weighted by molar-refractivity contribution is -0.139. The standard InChI is InChI=1S/C31H32B2N2O6S2/c36-18-21-6-4-5-9-27(21)33(35-29(20-43)31(39)40)24-12-16-26(17-13-24)41-25-14-10-23(11-15-25)32(22-7-2-1-3-8-22)34-28(19-42)30(37)38/h1-17,28-29,34-36,42-43H,18-20H2,(H,37,38)(H,39,40)/t28-,29-/m0/s1. The Hall–Kier alpha value is -3.67. The van der Waals surface area contributed by atoms with Crippen molar-refractivity contribution in [2.45, 2.75) is 18.7 Å². The highest BCUT2D eigenvalue weighted by molar-refractivity contribution is 7.80. The topological polar surface area (TPSA) is 128 Å². The highest BCUT2D eigenvalue weighted by atomic mass is 32.1. The SMILES string of the molecule is O=C(O)[C@H](CS)NB(c1ccccc1)c1ccc(Oc2ccc(B(N[C@@H](CS)C(=O)O)c3ccccc3CO)cc2)cc1. The molecule has 4 aromatic rings. The predicted molar refractivity (Wildman–Crippen MR) is 179 cm³/mol. The van der Waals surface area contributed by atoms with Crippen LogP contribution in [0.25, 0.3) is 0 Å². The Kier molecular flexibility index (Phi) is 11.8. The second-order valence-electron chi connectivity index (χ2n) is 9.85. The van der Waals surface area contributed by atoms with Crippen LogP contribution in [0.1, 0.15) is 5.56 Å². The summed E-state index contributed by atoms with van der Waals surface area (Å²) in [7, 11) is 0. The number of rotatable bonds is 15. The third-order valence-electron chi connectivity index (χ3n) is 7.03. The number of carboxylic acid groups (broad SMARTS) is 2. The summed E-state index contributed by atoms with van der Waals surface area (Å²) in [5, 5.41) is 35.5. The van der Waals surface area contributed by atoms with Gasteiger partial charge in [-0.2, -0.15) is 25.3 Å². The fourth-order valence-corrected chi connectivity index (χ4v) is 5.28. The lowest BCUT2D eigenvalue weighted by atomic mass is 9.49. The Balaban J connectivity index is 1.55. The summed E-state index contributed by atoms with van der Waals surface area (Å²) in [6.07, 6.45) is 0. The molecule has 0 aliphatic carbocycles. The molecule has 8 nitrogen and oxygen atoms in total. The van der Waals surface area contributed by atoms with Crippen LogP contribution < -0.4 is 37.0 Å². The minimum absolute atomic E-state index is 0.0938. The maximum atomic E-state index is 11.8. The molecule has 12 heteroatoms. The van der Waals surface area contributed by atoms with Crippen LogP contribution in [0, 0.1) is 0 Å². The zero-order chi connectivity index (χ0) is 30.8. The number of nitrogens with one attached hydrogen (secondary N) is 2. The van der Waals surface area contributed by atoms with Crippen LogP contribution in [0.15, 0.2) is 103 Å². The molecule has 220 valence electrons. The minimum atomic E-state index is -1.02. The van der Waals surface area contributed by atoms with E-state index in [0.29, 0.717) is 17.1 Å². The van der Waals surface area contributed by atoms with Crippen LogP contribution in [0.3, 0.4) is 0 Å². The molecule has 0 amide bonds. The minimum Gasteiger partial charge on any atom is -0.480 e. The van der Waals surface area contributed by atoms with Gasteiger partial charge < -0.3 is 30.5 Å². The quantitative estimate of drug-likeness (QED) is 0.0785. The Morgan fingerprint density at radius 1 is 0.651 bits per heavy atom. The second kappa shape index (κ2) is 15.7. The van der Waals surface area contributed by atoms with E-state index in [-0.39, 0.29) is 25.0 Å². The summed E-state index contributed by atoms with van der Waals surface area (Å²) in [5.74, 6) is -0.582. The van der Waals surface area contributed by atoms with E-state index in [1.807, 2.05) is 84.9 Å². The van der Waals surface area contributed by atoms with Crippen LogP contribution in [0.5, 0.6) is 11.5 Å². The van der Waals surface area contributed by atoms with Crippen molar-refractivity contribution < 1.29 is 29.6 Å². The van der Waals surface area contributed by atoms with Gasteiger partial charge in [0, 0.05) is 11.5 Å². The molecular formula is C31H32B2N2O6S2. The molecule has 0 heterocycles. The van der Waals surface area contributed by atoms with Gasteiger partial charge in [-0.3, -0.25) is 9.59 Å². The van der Waals surface area contributed by atoms with Crippen molar-refractivity contribution in [1.29, 1.82) is 0 Å². The predicted octanol–water partition coefficient (Wildman–Crippen LogP) is 1.13. The number of hydrogen-bond acceptors (Lipinski definition) is 8. The lowest BCUT2D eigenvalue weighted by Gasteiger charge is -2.22. The normalized spacial score (nSPS) is 12.3. The van der Waals surface area contributed by atoms with Gasteiger partial charge in [0.25, 0.3) is 13.7 Å². The number of aliphatic hydroxyl groups excluding tert-OH is 1. The molecule has 0 radical (unpaired) electrons. The molecule has 0 unspecified atom stereocenters. The Labute approximate surface area is 262 Å². The molecule has 43 heavy (non-hydrogen) atoms.